The summed E-state index contributed by atoms with van der Waals surface area (Å²) in [6, 6.07) is 11.4. The highest BCUT2D eigenvalue weighted by Gasteiger charge is 2.16. The van der Waals surface area contributed by atoms with Gasteiger partial charge in [0.25, 0.3) is 0 Å². The average molecular weight is 284 g/mol. The number of rotatable bonds is 2. The molecule has 0 saturated heterocycles. The lowest BCUT2D eigenvalue weighted by Gasteiger charge is -2.04. The molecule has 1 heterocycles. The number of fused-ring (bicyclic) bond motifs is 1. The number of aromatic amines is 1. The molecule has 0 fully saturated rings. The first kappa shape index (κ1) is 12.9. The molecule has 0 unspecified atom stereocenters. The van der Waals surface area contributed by atoms with E-state index in [4.69, 9.17) is 11.6 Å². The second-order valence-electron chi connectivity index (χ2n) is 4.99. The lowest BCUT2D eigenvalue weighted by molar-refractivity contribution is 0.104. The van der Waals surface area contributed by atoms with Gasteiger partial charge < -0.3 is 4.98 Å². The number of carbonyl (C=O) groups excluding carboxylic acids is 1. The van der Waals surface area contributed by atoms with E-state index in [0.29, 0.717) is 16.1 Å². The Morgan fingerprint density at radius 3 is 2.65 bits per heavy atom. The van der Waals surface area contributed by atoms with Crippen molar-refractivity contribution in [2.75, 3.05) is 0 Å². The Balaban J connectivity index is 2.15. The van der Waals surface area contributed by atoms with Gasteiger partial charge in [-0.15, -0.1) is 0 Å². The molecule has 0 aliphatic heterocycles. The van der Waals surface area contributed by atoms with Gasteiger partial charge in [-0.25, -0.2) is 0 Å². The first-order valence-corrected chi connectivity index (χ1v) is 6.83. The molecule has 20 heavy (non-hydrogen) atoms. The van der Waals surface area contributed by atoms with Crippen LogP contribution in [0.5, 0.6) is 0 Å². The Kier molecular flexibility index (Phi) is 3.11. The van der Waals surface area contributed by atoms with Crippen molar-refractivity contribution in [1.82, 2.24) is 4.98 Å². The Morgan fingerprint density at radius 2 is 1.90 bits per heavy atom. The van der Waals surface area contributed by atoms with Gasteiger partial charge in [-0.1, -0.05) is 23.7 Å². The minimum Gasteiger partial charge on any atom is -0.360 e. The second-order valence-corrected chi connectivity index (χ2v) is 5.40. The van der Waals surface area contributed by atoms with Gasteiger partial charge in [-0.3, -0.25) is 4.79 Å². The average Bonchev–Trinajstić information content (AvgIpc) is 2.86. The van der Waals surface area contributed by atoms with Crippen molar-refractivity contribution in [3.05, 3.63) is 69.9 Å². The van der Waals surface area contributed by atoms with Crippen LogP contribution in [0.4, 0.5) is 0 Å². The topological polar surface area (TPSA) is 32.9 Å². The highest BCUT2D eigenvalue weighted by molar-refractivity contribution is 6.31. The minimum absolute atomic E-state index is 0.0188. The van der Waals surface area contributed by atoms with Gasteiger partial charge in [-0.2, -0.15) is 0 Å². The molecule has 0 radical (unpaired) electrons. The number of ketones is 1. The maximum Gasteiger partial charge on any atom is 0.195 e. The molecule has 3 rings (SSSR count). The molecule has 0 atom stereocenters. The predicted molar refractivity (Wildman–Crippen MR) is 82.7 cm³/mol. The van der Waals surface area contributed by atoms with Crippen molar-refractivity contribution in [2.24, 2.45) is 0 Å². The molecule has 3 heteroatoms. The third kappa shape index (κ3) is 2.02. The van der Waals surface area contributed by atoms with Crippen molar-refractivity contribution in [1.29, 1.82) is 0 Å². The molecule has 100 valence electrons. The van der Waals surface area contributed by atoms with E-state index in [2.05, 4.69) is 4.98 Å². The lowest BCUT2D eigenvalue weighted by Crippen LogP contribution is -2.01. The largest absolute Gasteiger partial charge is 0.360 e. The van der Waals surface area contributed by atoms with Gasteiger partial charge in [0.05, 0.1) is 0 Å². The van der Waals surface area contributed by atoms with Crippen LogP contribution in [0.2, 0.25) is 5.02 Å². The van der Waals surface area contributed by atoms with Crippen LogP contribution in [0, 0.1) is 13.8 Å². The summed E-state index contributed by atoms with van der Waals surface area (Å²) in [4.78, 5) is 15.8. The summed E-state index contributed by atoms with van der Waals surface area (Å²) < 4.78 is 0. The maximum atomic E-state index is 12.7. The van der Waals surface area contributed by atoms with Crippen LogP contribution >= 0.6 is 11.6 Å². The number of nitrogens with one attached hydrogen (secondary N) is 1. The summed E-state index contributed by atoms with van der Waals surface area (Å²) in [5.41, 5.74) is 4.36. The van der Waals surface area contributed by atoms with Gasteiger partial charge in [0.2, 0.25) is 0 Å². The minimum atomic E-state index is 0.0188. The molecule has 2 aromatic carbocycles. The predicted octanol–water partition coefficient (Wildman–Crippen LogP) is 4.67. The number of benzene rings is 2. The Hall–Kier alpha value is -2.06. The second kappa shape index (κ2) is 4.80. The van der Waals surface area contributed by atoms with Crippen molar-refractivity contribution in [3.8, 4) is 0 Å². The van der Waals surface area contributed by atoms with Crippen LogP contribution in [0.25, 0.3) is 10.9 Å². The number of aryl methyl sites for hydroxylation is 2. The number of halogens is 1. The molecular formula is C17H14ClNO. The van der Waals surface area contributed by atoms with Crippen molar-refractivity contribution in [2.45, 2.75) is 13.8 Å². The van der Waals surface area contributed by atoms with Crippen molar-refractivity contribution < 1.29 is 4.79 Å². The molecule has 0 aliphatic carbocycles. The van der Waals surface area contributed by atoms with Crippen LogP contribution in [-0.2, 0) is 0 Å². The molecule has 0 aliphatic rings. The van der Waals surface area contributed by atoms with E-state index in [1.165, 1.54) is 0 Å². The van der Waals surface area contributed by atoms with Crippen molar-refractivity contribution in [3.63, 3.8) is 0 Å². The number of H-pyrrole nitrogens is 1. The van der Waals surface area contributed by atoms with Crippen LogP contribution in [0.15, 0.2) is 42.6 Å². The fraction of sp³-hybridized carbons (Fsp3) is 0.118. The number of hydrogen-bond acceptors (Lipinski definition) is 1. The van der Waals surface area contributed by atoms with Gasteiger partial charge in [0.1, 0.15) is 0 Å². The van der Waals surface area contributed by atoms with Gasteiger partial charge in [-0.05, 0) is 49.2 Å². The smallest absolute Gasteiger partial charge is 0.195 e. The molecule has 0 amide bonds. The highest BCUT2D eigenvalue weighted by atomic mass is 35.5. The van der Waals surface area contributed by atoms with E-state index < -0.39 is 0 Å². The Morgan fingerprint density at radius 1 is 1.10 bits per heavy atom. The van der Waals surface area contributed by atoms with E-state index in [9.17, 15) is 4.79 Å². The fourth-order valence-corrected chi connectivity index (χ4v) is 2.61. The summed E-state index contributed by atoms with van der Waals surface area (Å²) in [6.45, 7) is 3.92. The molecule has 3 aromatic rings. The number of carbonyl (C=O) groups is 1. The van der Waals surface area contributed by atoms with E-state index in [1.807, 2.05) is 38.1 Å². The van der Waals surface area contributed by atoms with Crippen LogP contribution in [-0.4, -0.2) is 10.8 Å². The van der Waals surface area contributed by atoms with Gasteiger partial charge >= 0.3 is 0 Å². The number of aromatic nitrogens is 1. The summed E-state index contributed by atoms with van der Waals surface area (Å²) >= 11 is 6.01. The molecule has 0 saturated carbocycles. The first-order chi connectivity index (χ1) is 9.58. The zero-order valence-electron chi connectivity index (χ0n) is 11.3. The van der Waals surface area contributed by atoms with Crippen LogP contribution < -0.4 is 0 Å². The Labute approximate surface area is 122 Å². The van der Waals surface area contributed by atoms with E-state index in [-0.39, 0.29) is 5.78 Å². The zero-order valence-corrected chi connectivity index (χ0v) is 12.1. The van der Waals surface area contributed by atoms with Crippen LogP contribution in [0.3, 0.4) is 0 Å². The summed E-state index contributed by atoms with van der Waals surface area (Å²) in [5.74, 6) is 0.0188. The number of hydrogen-bond donors (Lipinski definition) is 1. The Bertz CT molecular complexity index is 817. The molecule has 0 bridgehead atoms. The summed E-state index contributed by atoms with van der Waals surface area (Å²) in [5, 5.41) is 1.67. The molecule has 2 nitrogen and oxygen atoms in total. The maximum absolute atomic E-state index is 12.7. The standard InChI is InChI=1S/C17H14ClNO/c1-10-4-3-5-15-16(10)13(9-19-15)17(20)12-6-7-14(18)11(2)8-12/h3-9,19H,1-2H3. The van der Waals surface area contributed by atoms with Gasteiger partial charge in [0, 0.05) is 33.2 Å². The zero-order chi connectivity index (χ0) is 14.3. The molecular weight excluding hydrogens is 270 g/mol. The lowest BCUT2D eigenvalue weighted by atomic mass is 9.99. The summed E-state index contributed by atoms with van der Waals surface area (Å²) in [7, 11) is 0. The SMILES string of the molecule is Cc1cc(C(=O)c2c[nH]c3cccc(C)c23)ccc1Cl. The fourth-order valence-electron chi connectivity index (χ4n) is 2.49. The first-order valence-electron chi connectivity index (χ1n) is 6.45. The monoisotopic (exact) mass is 283 g/mol. The molecule has 1 aromatic heterocycles. The van der Waals surface area contributed by atoms with E-state index >= 15 is 0 Å². The molecule has 0 spiro atoms. The third-order valence-corrected chi connectivity index (χ3v) is 4.00. The quantitative estimate of drug-likeness (QED) is 0.681. The van der Waals surface area contributed by atoms with Crippen LogP contribution in [0.1, 0.15) is 27.0 Å². The normalized spacial score (nSPS) is 10.9. The summed E-state index contributed by atoms with van der Waals surface area (Å²) in [6.07, 6.45) is 1.78. The van der Waals surface area contributed by atoms with E-state index in [0.717, 1.165) is 22.0 Å². The highest BCUT2D eigenvalue weighted by Crippen LogP contribution is 2.25. The van der Waals surface area contributed by atoms with Crippen molar-refractivity contribution >= 4 is 28.3 Å². The van der Waals surface area contributed by atoms with E-state index in [1.54, 1.807) is 18.3 Å². The third-order valence-electron chi connectivity index (χ3n) is 3.58. The van der Waals surface area contributed by atoms with Gasteiger partial charge in [0.15, 0.2) is 5.78 Å². The molecule has 1 N–H and O–H groups in total.